The van der Waals surface area contributed by atoms with Crippen LogP contribution in [0.2, 0.25) is 0 Å². The van der Waals surface area contributed by atoms with Crippen LogP contribution in [0.15, 0.2) is 27.6 Å². The number of likely N-dealkylation sites (tertiary alicyclic amines) is 1. The quantitative estimate of drug-likeness (QED) is 0.754. The van der Waals surface area contributed by atoms with Gasteiger partial charge in [-0.15, -0.1) is 0 Å². The summed E-state index contributed by atoms with van der Waals surface area (Å²) in [5, 5.41) is 3.79. The van der Waals surface area contributed by atoms with Crippen molar-refractivity contribution in [2.45, 2.75) is 24.7 Å². The molecular formula is C17H18F2N4O4S. The van der Waals surface area contributed by atoms with E-state index in [-0.39, 0.29) is 29.8 Å². The number of amides is 1. The van der Waals surface area contributed by atoms with Crippen molar-refractivity contribution in [3.05, 3.63) is 41.5 Å². The maximum absolute atomic E-state index is 13.5. The zero-order chi connectivity index (χ0) is 20.3. The van der Waals surface area contributed by atoms with Crippen molar-refractivity contribution in [2.24, 2.45) is 5.41 Å². The molecule has 4 rings (SSSR count). The third-order valence-corrected chi connectivity index (χ3v) is 7.23. The van der Waals surface area contributed by atoms with E-state index in [0.29, 0.717) is 30.9 Å². The van der Waals surface area contributed by atoms with Crippen LogP contribution in [0.5, 0.6) is 0 Å². The minimum absolute atomic E-state index is 0.115. The summed E-state index contributed by atoms with van der Waals surface area (Å²) in [4.78, 5) is 17.4. The van der Waals surface area contributed by atoms with Crippen molar-refractivity contribution in [1.29, 1.82) is 0 Å². The Kier molecular flexibility index (Phi) is 4.27. The maximum atomic E-state index is 13.5. The number of carbonyl (C=O) groups is 1. The molecule has 0 saturated carbocycles. The van der Waals surface area contributed by atoms with Crippen molar-refractivity contribution in [3.8, 4) is 0 Å². The van der Waals surface area contributed by atoms with Gasteiger partial charge in [0.05, 0.1) is 10.8 Å². The van der Waals surface area contributed by atoms with Gasteiger partial charge in [-0.1, -0.05) is 5.16 Å². The zero-order valence-electron chi connectivity index (χ0n) is 15.2. The van der Waals surface area contributed by atoms with Crippen molar-refractivity contribution < 1.29 is 26.5 Å². The number of sulfonamides is 1. The average Bonchev–Trinajstić information content (AvgIpc) is 3.19. The van der Waals surface area contributed by atoms with Crippen LogP contribution in [0.1, 0.15) is 24.6 Å². The number of benzene rings is 1. The van der Waals surface area contributed by atoms with E-state index in [1.807, 2.05) is 0 Å². The number of aromatic nitrogens is 2. The van der Waals surface area contributed by atoms with E-state index in [1.165, 1.54) is 11.2 Å². The fraction of sp³-hybridized carbons (Fsp3) is 0.471. The zero-order valence-corrected chi connectivity index (χ0v) is 16.0. The molecule has 3 heterocycles. The lowest BCUT2D eigenvalue weighted by molar-refractivity contribution is -0.128. The second-order valence-electron chi connectivity index (χ2n) is 7.34. The molecule has 11 heteroatoms. The third-order valence-electron chi connectivity index (χ3n) is 5.45. The minimum atomic E-state index is -3.99. The van der Waals surface area contributed by atoms with Crippen LogP contribution in [0, 0.1) is 24.0 Å². The van der Waals surface area contributed by atoms with E-state index in [9.17, 15) is 22.0 Å². The Balaban J connectivity index is 1.61. The third kappa shape index (κ3) is 2.89. The second-order valence-corrected chi connectivity index (χ2v) is 9.28. The molecule has 1 unspecified atom stereocenters. The summed E-state index contributed by atoms with van der Waals surface area (Å²) in [7, 11) is -3.99. The molecular weight excluding hydrogens is 394 g/mol. The molecule has 0 N–H and O–H groups in total. The first-order valence-electron chi connectivity index (χ1n) is 8.63. The van der Waals surface area contributed by atoms with E-state index in [4.69, 9.17) is 4.52 Å². The van der Waals surface area contributed by atoms with Gasteiger partial charge in [0.25, 0.3) is 0 Å². The van der Waals surface area contributed by atoms with Gasteiger partial charge in [0.1, 0.15) is 0 Å². The van der Waals surface area contributed by atoms with Crippen LogP contribution in [0.25, 0.3) is 0 Å². The first-order valence-corrected chi connectivity index (χ1v) is 10.1. The molecule has 1 atom stereocenters. The number of carbonyl (C=O) groups excluding carboxylic acids is 1. The summed E-state index contributed by atoms with van der Waals surface area (Å²) in [5.74, 6) is -1.94. The largest absolute Gasteiger partial charge is 0.341 e. The molecule has 2 saturated heterocycles. The van der Waals surface area contributed by atoms with E-state index in [2.05, 4.69) is 10.1 Å². The van der Waals surface area contributed by atoms with Gasteiger partial charge < -0.3 is 9.42 Å². The van der Waals surface area contributed by atoms with Crippen LogP contribution in [-0.2, 0) is 14.8 Å². The predicted octanol–water partition coefficient (Wildman–Crippen LogP) is 1.29. The molecule has 0 radical (unpaired) electrons. The summed E-state index contributed by atoms with van der Waals surface area (Å²) in [6.07, 6.45) is 0. The summed E-state index contributed by atoms with van der Waals surface area (Å²) in [6, 6.07) is 2.49. The normalized spacial score (nSPS) is 21.9. The highest BCUT2D eigenvalue weighted by Crippen LogP contribution is 2.50. The number of rotatable bonds is 3. The second kappa shape index (κ2) is 6.31. The van der Waals surface area contributed by atoms with Crippen LogP contribution in [0.3, 0.4) is 0 Å². The Hall–Kier alpha value is -2.40. The topological polar surface area (TPSA) is 96.6 Å². The summed E-state index contributed by atoms with van der Waals surface area (Å²) < 4.78 is 58.7. The number of halogens is 2. The van der Waals surface area contributed by atoms with Gasteiger partial charge in [-0.2, -0.15) is 9.29 Å². The summed E-state index contributed by atoms with van der Waals surface area (Å²) >= 11 is 0. The van der Waals surface area contributed by atoms with Gasteiger partial charge in [-0.25, -0.2) is 17.2 Å². The van der Waals surface area contributed by atoms with Crippen LogP contribution >= 0.6 is 0 Å². The van der Waals surface area contributed by atoms with Gasteiger partial charge >= 0.3 is 0 Å². The number of aryl methyl sites for hydroxylation is 1. The van der Waals surface area contributed by atoms with E-state index in [1.54, 1.807) is 11.8 Å². The van der Waals surface area contributed by atoms with Crippen LogP contribution < -0.4 is 0 Å². The first-order chi connectivity index (χ1) is 13.1. The molecule has 0 bridgehead atoms. The van der Waals surface area contributed by atoms with Gasteiger partial charge in [0.2, 0.25) is 21.8 Å². The van der Waals surface area contributed by atoms with E-state index >= 15 is 0 Å². The lowest BCUT2D eigenvalue weighted by Crippen LogP contribution is -2.61. The molecule has 1 spiro atoms. The van der Waals surface area contributed by atoms with Gasteiger partial charge in [-0.05, 0) is 25.1 Å². The Morgan fingerprint density at radius 1 is 1.25 bits per heavy atom. The maximum Gasteiger partial charge on any atom is 0.243 e. The Bertz CT molecular complexity index is 1050. The molecule has 0 aliphatic carbocycles. The molecule has 2 aliphatic heterocycles. The molecule has 1 aromatic heterocycles. The lowest BCUT2D eigenvalue weighted by Gasteiger charge is -2.48. The first kappa shape index (κ1) is 18.9. The standard InChI is InChI=1S/C17H18F2N4O4S/c1-10-20-16(27-21-10)13-6-22(11(2)24)7-17(13)8-23(9-17)28(25,26)12-3-4-14(18)15(19)5-12/h3-5,13H,6-9H2,1-2H3. The molecule has 2 aromatic rings. The molecule has 1 aromatic carbocycles. The Labute approximate surface area is 160 Å². The highest BCUT2D eigenvalue weighted by molar-refractivity contribution is 7.89. The highest BCUT2D eigenvalue weighted by atomic mass is 32.2. The number of hydrogen-bond acceptors (Lipinski definition) is 6. The van der Waals surface area contributed by atoms with Gasteiger partial charge in [-0.3, -0.25) is 4.79 Å². The average molecular weight is 412 g/mol. The van der Waals surface area contributed by atoms with Gasteiger partial charge in [0, 0.05) is 38.5 Å². The molecule has 2 fully saturated rings. The van der Waals surface area contributed by atoms with Crippen molar-refractivity contribution in [3.63, 3.8) is 0 Å². The number of hydrogen-bond donors (Lipinski definition) is 0. The fourth-order valence-electron chi connectivity index (χ4n) is 3.94. The molecule has 2 aliphatic rings. The van der Waals surface area contributed by atoms with E-state index in [0.717, 1.165) is 12.1 Å². The van der Waals surface area contributed by atoms with Gasteiger partial charge in [0.15, 0.2) is 17.5 Å². The highest BCUT2D eigenvalue weighted by Gasteiger charge is 2.59. The minimum Gasteiger partial charge on any atom is -0.341 e. The molecule has 150 valence electrons. The lowest BCUT2D eigenvalue weighted by atomic mass is 9.73. The summed E-state index contributed by atoms with van der Waals surface area (Å²) in [5.41, 5.74) is -0.559. The van der Waals surface area contributed by atoms with E-state index < -0.39 is 27.1 Å². The van der Waals surface area contributed by atoms with Crippen LogP contribution in [0.4, 0.5) is 8.78 Å². The van der Waals surface area contributed by atoms with Crippen LogP contribution in [-0.4, -0.2) is 59.8 Å². The summed E-state index contributed by atoms with van der Waals surface area (Å²) in [6.45, 7) is 4.07. The van der Waals surface area contributed by atoms with Crippen molar-refractivity contribution in [2.75, 3.05) is 26.2 Å². The Morgan fingerprint density at radius 3 is 2.54 bits per heavy atom. The Morgan fingerprint density at radius 2 is 1.96 bits per heavy atom. The molecule has 8 nitrogen and oxygen atoms in total. The monoisotopic (exact) mass is 412 g/mol. The van der Waals surface area contributed by atoms with Crippen molar-refractivity contribution >= 4 is 15.9 Å². The molecule has 1 amide bonds. The molecule has 28 heavy (non-hydrogen) atoms. The smallest absolute Gasteiger partial charge is 0.243 e. The SMILES string of the molecule is CC(=O)N1CC(c2nc(C)no2)C2(C1)CN(S(=O)(=O)c1ccc(F)c(F)c1)C2. The number of nitrogens with zero attached hydrogens (tertiary/aromatic N) is 4. The fourth-order valence-corrected chi connectivity index (χ4v) is 5.58. The van der Waals surface area contributed by atoms with Crippen molar-refractivity contribution in [1.82, 2.24) is 19.3 Å². The predicted molar refractivity (Wildman–Crippen MR) is 91.6 cm³/mol.